The molecule has 55 nitrogen and oxygen atoms in total. The monoisotopic (exact) mass is 1780 g/mol. The molecule has 2 amide bonds. The van der Waals surface area contributed by atoms with Gasteiger partial charge in [0.1, 0.15) is 244 Å². The first-order chi connectivity index (χ1) is 57.3. The van der Waals surface area contributed by atoms with Gasteiger partial charge in [-0.15, -0.1) is 0 Å². The Bertz CT molecular complexity index is 3190. The van der Waals surface area contributed by atoms with Crippen molar-refractivity contribution in [2.45, 2.75) is 321 Å². The van der Waals surface area contributed by atoms with Crippen molar-refractivity contribution in [2.75, 3.05) is 72.6 Å². The molecule has 0 saturated carbocycles. The Morgan fingerprint density at radius 1 is 0.248 bits per heavy atom. The molecule has 10 aliphatic heterocycles. The van der Waals surface area contributed by atoms with Gasteiger partial charge in [0.05, 0.1) is 78.7 Å². The van der Waals surface area contributed by atoms with Crippen molar-refractivity contribution >= 4 is 17.8 Å². The number of aliphatic carboxylic acids is 1. The Hall–Kier alpha value is -3.55. The molecule has 55 heteroatoms. The van der Waals surface area contributed by atoms with Gasteiger partial charge in [0.15, 0.2) is 56.6 Å². The van der Waals surface area contributed by atoms with Crippen molar-refractivity contribution in [2.24, 2.45) is 0 Å². The van der Waals surface area contributed by atoms with Gasteiger partial charge in [-0.05, 0) is 0 Å². The van der Waals surface area contributed by atoms with Crippen LogP contribution in [0, 0.1) is 0 Å². The van der Waals surface area contributed by atoms with Crippen LogP contribution in [0.3, 0.4) is 0 Å². The van der Waals surface area contributed by atoms with E-state index >= 15 is 0 Å². The van der Waals surface area contributed by atoms with E-state index < -0.39 is 397 Å². The molecular formula is C66H111N3O52. The minimum atomic E-state index is -2.66. The molecule has 0 aromatic carbocycles. The molecule has 50 atom stereocenters. The van der Waals surface area contributed by atoms with Gasteiger partial charge in [0.25, 0.3) is 0 Å². The lowest BCUT2D eigenvalue weighted by molar-refractivity contribution is -0.408. The highest BCUT2D eigenvalue weighted by atomic mass is 16.8. The molecule has 1 unspecified atom stereocenters. The highest BCUT2D eigenvalue weighted by Gasteiger charge is 2.62. The molecule has 10 saturated heterocycles. The number of carbonyl (C=O) groups is 3. The number of ether oxygens (including phenoxy) is 19. The largest absolute Gasteiger partial charge is 0.480 e. The van der Waals surface area contributed by atoms with Crippen LogP contribution in [0.25, 0.3) is 0 Å². The average molecular weight is 1780 g/mol. The molecule has 0 aromatic heterocycles. The van der Waals surface area contributed by atoms with Crippen LogP contribution in [0.4, 0.5) is 0 Å². The molecule has 0 bridgehead atoms. The number of carboxylic acids is 1. The Balaban J connectivity index is 0.999. The molecule has 10 fully saturated rings. The number of hydrogen-bond acceptors (Lipinski definition) is 52. The molecule has 10 rings (SSSR count). The molecular weight excluding hydrogens is 1670 g/mol. The summed E-state index contributed by atoms with van der Waals surface area (Å²) in [5, 5.41) is 339. The fraction of sp³-hybridized carbons (Fsp3) is 0.955. The van der Waals surface area contributed by atoms with E-state index in [0.717, 1.165) is 13.8 Å². The predicted molar refractivity (Wildman–Crippen MR) is 366 cm³/mol. The lowest BCUT2D eigenvalue weighted by Gasteiger charge is -2.51. The van der Waals surface area contributed by atoms with Crippen molar-refractivity contribution in [3.8, 4) is 0 Å². The fourth-order valence-electron chi connectivity index (χ4n) is 15.4. The quantitative estimate of drug-likeness (QED) is 0.0290. The standard InChI is InChI=1S/C66H111N3O52/c1-14(78)68-27-37(90)50(22(10-76)105-57(27)67-3-26(80)81)115-58-28(69-15(2)79)38(91)51(23(11-77)112-58)116-63-49(102)53(118-65-56(44(97)34(87)20(8-74)110-65)121-66-55(43(96)33(86)21(9-75)111-66)120-62-47(100)41(94)31(84)18(6-72)108-62)36(89)25(114-63)12-103-59-48(101)52(117-60-45(98)39(92)29(82)16(4-70)106-60)35(88)24(113-59)13-104-64-54(42(95)32(85)19(7-73)109-64)119-61-46(99)40(93)30(83)17(5-71)107-61/h16-25,27-67,70-77,82-102H,3-13H2,1-2H3,(H,68,78)(H,69,79)(H,80,81)/t16-,17-,18-,19-,20-,21-,22-,23-,24-,25-,27-,28-,29-,30-,31-,32-,33-,34-,35-,36-,37-,38-,39+,40+,41+,42+,43+,44+,45+,46+,47+,48+,49+,50-,51-,52+,53+,54+,55+,56+,57?,58+,59+,60-,61-,62-,63+,64+,65-,66-/m1/s1. The Kier molecular flexibility index (Phi) is 36.0. The van der Waals surface area contributed by atoms with Gasteiger partial charge in [-0.25, -0.2) is 0 Å². The van der Waals surface area contributed by atoms with Crippen LogP contribution < -0.4 is 16.0 Å². The zero-order valence-electron chi connectivity index (χ0n) is 64.0. The van der Waals surface area contributed by atoms with Gasteiger partial charge in [0.2, 0.25) is 11.8 Å². The zero-order chi connectivity index (χ0) is 88.9. The second-order valence-corrected chi connectivity index (χ2v) is 30.3. The molecule has 0 spiro atoms. The van der Waals surface area contributed by atoms with Crippen molar-refractivity contribution in [1.29, 1.82) is 0 Å². The topological polar surface area (TPSA) is 870 Å². The zero-order valence-corrected chi connectivity index (χ0v) is 64.0. The van der Waals surface area contributed by atoms with Gasteiger partial charge in [-0.2, -0.15) is 0 Å². The highest BCUT2D eigenvalue weighted by Crippen LogP contribution is 2.41. The van der Waals surface area contributed by atoms with Crippen molar-refractivity contribution < 1.29 is 258 Å². The second kappa shape index (κ2) is 43.7. The molecule has 702 valence electrons. The van der Waals surface area contributed by atoms with Gasteiger partial charge in [-0.3, -0.25) is 19.7 Å². The van der Waals surface area contributed by atoms with Crippen LogP contribution in [0.1, 0.15) is 13.8 Å². The van der Waals surface area contributed by atoms with E-state index in [1.807, 2.05) is 0 Å². The summed E-state index contributed by atoms with van der Waals surface area (Å²) in [5.41, 5.74) is 0. The van der Waals surface area contributed by atoms with E-state index in [4.69, 9.17) is 90.0 Å². The van der Waals surface area contributed by atoms with E-state index in [1.165, 1.54) is 0 Å². The van der Waals surface area contributed by atoms with Crippen LogP contribution in [-0.2, 0) is 104 Å². The van der Waals surface area contributed by atoms with Gasteiger partial charge >= 0.3 is 5.97 Å². The van der Waals surface area contributed by atoms with E-state index in [0.29, 0.717) is 0 Å². The molecule has 0 radical (unpaired) electrons. The summed E-state index contributed by atoms with van der Waals surface area (Å²) in [5.74, 6) is -3.23. The summed E-state index contributed by atoms with van der Waals surface area (Å²) >= 11 is 0. The lowest BCUT2D eigenvalue weighted by atomic mass is 9.93. The molecule has 10 heterocycles. The summed E-state index contributed by atoms with van der Waals surface area (Å²) < 4.78 is 112. The smallest absolute Gasteiger partial charge is 0.317 e. The van der Waals surface area contributed by atoms with Crippen LogP contribution in [0.15, 0.2) is 0 Å². The predicted octanol–water partition coefficient (Wildman–Crippen LogP) is -22.8. The fourth-order valence-corrected chi connectivity index (χ4v) is 15.4. The maximum atomic E-state index is 13.1. The summed E-state index contributed by atoms with van der Waals surface area (Å²) in [4.78, 5) is 37.2. The normalized spacial score (nSPS) is 50.1. The Labute approximate surface area is 683 Å². The number of nitrogens with one attached hydrogen (secondary N) is 3. The third-order valence-electron chi connectivity index (χ3n) is 22.1. The second-order valence-electron chi connectivity index (χ2n) is 30.3. The SMILES string of the molecule is CC(=O)N[C@H]1[C@H](O[C@H]2[C@H](O)[C@@H](NC(C)=O)C(NCC(=O)O)O[C@@H]2CO)O[C@H](CO)[C@@H](O[C@@H]2O[C@H](CO[C@H]3O[C@H](CO[C@H]4O[C@H](CO)[C@@H](O)[C@H](O)[C@@H]4O[C@H]4O[C@H](CO)[C@@H](O)[C@H](O)[C@@H]4O)[C@@H](O)[C@H](O[C@H]4O[C@H](CO)[C@@H](O)[C@H](O)[C@@H]4O)[C@@H]3O)[C@@H](O)[C@H](O[C@H]3O[C@H](CO)[C@@H](O)[C@H](O)[C@@H]3O[C@H]3O[C@H](CO)[C@@H](O)[C@H](O)[C@@H]3O[C@H]3O[C@H](CO)[C@@H](O)[C@H](O)[C@@H]3O)[C@@H]2O)[C@@H]1O. The summed E-state index contributed by atoms with van der Waals surface area (Å²) in [7, 11) is 0. The number of rotatable bonds is 33. The van der Waals surface area contributed by atoms with Crippen LogP contribution in [0.5, 0.6) is 0 Å². The number of carboxylic acid groups (broad SMARTS) is 1. The van der Waals surface area contributed by atoms with Crippen molar-refractivity contribution in [1.82, 2.24) is 16.0 Å². The molecule has 10 aliphatic rings. The maximum absolute atomic E-state index is 13.1. The van der Waals surface area contributed by atoms with E-state index in [1.54, 1.807) is 0 Å². The number of carbonyl (C=O) groups excluding carboxylic acids is 2. The third kappa shape index (κ3) is 22.0. The summed E-state index contributed by atoms with van der Waals surface area (Å²) in [6.07, 6.45) is -104. The minimum absolute atomic E-state index is 0.812. The number of amides is 2. The van der Waals surface area contributed by atoms with Crippen molar-refractivity contribution in [3.05, 3.63) is 0 Å². The minimum Gasteiger partial charge on any atom is -0.480 e. The van der Waals surface area contributed by atoms with Gasteiger partial charge in [-0.1, -0.05) is 0 Å². The first-order valence-corrected chi connectivity index (χ1v) is 38.3. The van der Waals surface area contributed by atoms with E-state index in [9.17, 15) is 168 Å². The summed E-state index contributed by atoms with van der Waals surface area (Å²) in [6, 6.07) is -3.60. The molecule has 0 aromatic rings. The number of aliphatic hydroxyl groups is 29. The average Bonchev–Trinajstić information content (AvgIpc) is 0.766. The molecule has 121 heavy (non-hydrogen) atoms. The van der Waals surface area contributed by atoms with Gasteiger partial charge in [0, 0.05) is 13.8 Å². The number of hydrogen-bond donors (Lipinski definition) is 33. The Morgan fingerprint density at radius 2 is 0.512 bits per heavy atom. The maximum Gasteiger partial charge on any atom is 0.317 e. The van der Waals surface area contributed by atoms with E-state index in [2.05, 4.69) is 16.0 Å². The van der Waals surface area contributed by atoms with E-state index in [-0.39, 0.29) is 0 Å². The van der Waals surface area contributed by atoms with Crippen molar-refractivity contribution in [3.63, 3.8) is 0 Å². The summed E-state index contributed by atoms with van der Waals surface area (Å²) in [6.45, 7) is -10.2. The molecule has 0 aliphatic carbocycles. The van der Waals surface area contributed by atoms with Gasteiger partial charge < -0.3 is 254 Å². The molecule has 33 N–H and O–H groups in total. The van der Waals surface area contributed by atoms with Crippen LogP contribution in [0.2, 0.25) is 0 Å². The lowest BCUT2D eigenvalue weighted by Crippen LogP contribution is -2.71. The first kappa shape index (κ1) is 99.6. The van der Waals surface area contributed by atoms with Crippen LogP contribution in [-0.4, -0.2) is 550 Å². The first-order valence-electron chi connectivity index (χ1n) is 38.3. The Morgan fingerprint density at radius 3 is 0.901 bits per heavy atom. The third-order valence-corrected chi connectivity index (χ3v) is 22.1. The highest BCUT2D eigenvalue weighted by molar-refractivity contribution is 5.74. The van der Waals surface area contributed by atoms with Crippen LogP contribution >= 0.6 is 0 Å². The number of aliphatic hydroxyl groups excluding tert-OH is 29.